The third kappa shape index (κ3) is 4.23. The summed E-state index contributed by atoms with van der Waals surface area (Å²) >= 11 is 12.2. The van der Waals surface area contributed by atoms with E-state index in [1.807, 2.05) is 24.3 Å². The molecular formula is C21H20Cl2N4O2. The second-order valence-electron chi connectivity index (χ2n) is 7.02. The molecule has 4 rings (SSSR count). The number of rotatable bonds is 4. The monoisotopic (exact) mass is 430 g/mol. The lowest BCUT2D eigenvalue weighted by Gasteiger charge is -2.35. The van der Waals surface area contributed by atoms with Crippen LogP contribution in [0.25, 0.3) is 11.0 Å². The van der Waals surface area contributed by atoms with Crippen molar-refractivity contribution in [2.45, 2.75) is 12.8 Å². The zero-order chi connectivity index (χ0) is 20.4. The minimum Gasteiger partial charge on any atom is -0.345 e. The Morgan fingerprint density at radius 3 is 2.59 bits per heavy atom. The molecule has 1 fully saturated rings. The van der Waals surface area contributed by atoms with Crippen LogP contribution in [0.3, 0.4) is 0 Å². The number of nitrogens with one attached hydrogen (secondary N) is 1. The Kier molecular flexibility index (Phi) is 5.74. The Balaban J connectivity index is 1.32. The Morgan fingerprint density at radius 1 is 1.03 bits per heavy atom. The molecule has 1 saturated heterocycles. The number of aromatic nitrogens is 2. The van der Waals surface area contributed by atoms with E-state index in [9.17, 15) is 9.59 Å². The van der Waals surface area contributed by atoms with Crippen LogP contribution in [0.1, 0.15) is 22.3 Å². The highest BCUT2D eigenvalue weighted by Gasteiger charge is 2.25. The van der Waals surface area contributed by atoms with Gasteiger partial charge in [-0.05, 0) is 36.2 Å². The molecule has 150 valence electrons. The van der Waals surface area contributed by atoms with Gasteiger partial charge in [0.15, 0.2) is 0 Å². The fraction of sp³-hybridized carbons (Fsp3) is 0.286. The Morgan fingerprint density at radius 2 is 1.79 bits per heavy atom. The van der Waals surface area contributed by atoms with Crippen molar-refractivity contribution in [2.75, 3.05) is 26.2 Å². The zero-order valence-electron chi connectivity index (χ0n) is 15.7. The summed E-state index contributed by atoms with van der Waals surface area (Å²) in [6.45, 7) is 2.09. The van der Waals surface area contributed by atoms with Gasteiger partial charge in [-0.3, -0.25) is 9.59 Å². The third-order valence-electron chi connectivity index (χ3n) is 5.23. The molecule has 1 aliphatic rings. The van der Waals surface area contributed by atoms with Gasteiger partial charge >= 0.3 is 0 Å². The predicted molar refractivity (Wildman–Crippen MR) is 113 cm³/mol. The molecule has 0 spiro atoms. The number of imidazole rings is 1. The van der Waals surface area contributed by atoms with Crippen molar-refractivity contribution < 1.29 is 9.59 Å². The second-order valence-corrected chi connectivity index (χ2v) is 7.81. The van der Waals surface area contributed by atoms with E-state index in [4.69, 9.17) is 23.2 Å². The highest BCUT2D eigenvalue weighted by atomic mass is 35.5. The van der Waals surface area contributed by atoms with E-state index in [0.29, 0.717) is 54.6 Å². The van der Waals surface area contributed by atoms with Crippen LogP contribution in [0.2, 0.25) is 10.0 Å². The molecule has 3 aromatic rings. The number of halogens is 2. The summed E-state index contributed by atoms with van der Waals surface area (Å²) in [6.07, 6.45) is 2.52. The number of fused-ring (bicyclic) bond motifs is 1. The van der Waals surface area contributed by atoms with Crippen molar-refractivity contribution in [2.24, 2.45) is 0 Å². The van der Waals surface area contributed by atoms with Gasteiger partial charge in [0, 0.05) is 38.2 Å². The van der Waals surface area contributed by atoms with Gasteiger partial charge in [0.05, 0.1) is 27.4 Å². The molecule has 1 N–H and O–H groups in total. The first-order valence-corrected chi connectivity index (χ1v) is 10.2. The summed E-state index contributed by atoms with van der Waals surface area (Å²) in [6, 6.07) is 10.9. The first-order chi connectivity index (χ1) is 14.0. The summed E-state index contributed by atoms with van der Waals surface area (Å²) in [4.78, 5) is 36.1. The van der Waals surface area contributed by atoms with Gasteiger partial charge < -0.3 is 14.8 Å². The average Bonchev–Trinajstić information content (AvgIpc) is 3.22. The SMILES string of the molecule is O=C(CCc1cccc(Cl)c1Cl)N1CCN(C(=O)c2ccc3nc[nH]c3c2)CC1. The second kappa shape index (κ2) is 8.43. The summed E-state index contributed by atoms with van der Waals surface area (Å²) in [5.41, 5.74) is 3.16. The summed E-state index contributed by atoms with van der Waals surface area (Å²) < 4.78 is 0. The van der Waals surface area contributed by atoms with Gasteiger partial charge in [-0.1, -0.05) is 35.3 Å². The Bertz CT molecular complexity index is 1060. The van der Waals surface area contributed by atoms with Crippen LogP contribution in [-0.2, 0) is 11.2 Å². The first kappa shape index (κ1) is 19.7. The molecule has 0 saturated carbocycles. The lowest BCUT2D eigenvalue weighted by atomic mass is 10.1. The minimum absolute atomic E-state index is 0.0284. The fourth-order valence-corrected chi connectivity index (χ4v) is 3.97. The number of aromatic amines is 1. The van der Waals surface area contributed by atoms with Crippen LogP contribution >= 0.6 is 23.2 Å². The van der Waals surface area contributed by atoms with Crippen LogP contribution in [0.4, 0.5) is 0 Å². The quantitative estimate of drug-likeness (QED) is 0.684. The zero-order valence-corrected chi connectivity index (χ0v) is 17.2. The van der Waals surface area contributed by atoms with Gasteiger partial charge in [-0.25, -0.2) is 4.98 Å². The van der Waals surface area contributed by atoms with Gasteiger partial charge in [0.1, 0.15) is 0 Å². The maximum absolute atomic E-state index is 12.8. The fourth-order valence-electron chi connectivity index (χ4n) is 3.55. The van der Waals surface area contributed by atoms with Crippen molar-refractivity contribution >= 4 is 46.0 Å². The molecule has 6 nitrogen and oxygen atoms in total. The molecule has 0 bridgehead atoms. The standard InChI is InChI=1S/C21H20Cl2N4O2/c22-16-3-1-2-14(20(16)23)5-7-19(28)26-8-10-27(11-9-26)21(29)15-4-6-17-18(12-15)25-13-24-17/h1-4,6,12-13H,5,7-11H2,(H,24,25). The molecule has 0 aliphatic carbocycles. The Labute approximate surface area is 178 Å². The van der Waals surface area contributed by atoms with E-state index in [1.54, 1.807) is 28.3 Å². The number of aryl methyl sites for hydroxylation is 1. The smallest absolute Gasteiger partial charge is 0.254 e. The number of benzene rings is 2. The third-order valence-corrected chi connectivity index (χ3v) is 6.08. The van der Waals surface area contributed by atoms with Crippen molar-refractivity contribution in [3.63, 3.8) is 0 Å². The highest BCUT2D eigenvalue weighted by molar-refractivity contribution is 6.42. The van der Waals surface area contributed by atoms with Crippen LogP contribution in [0.15, 0.2) is 42.7 Å². The number of hydrogen-bond acceptors (Lipinski definition) is 3. The van der Waals surface area contributed by atoms with Crippen LogP contribution in [-0.4, -0.2) is 57.8 Å². The number of piperazine rings is 1. The van der Waals surface area contributed by atoms with E-state index in [1.165, 1.54) is 0 Å². The Hall–Kier alpha value is -2.57. The highest BCUT2D eigenvalue weighted by Crippen LogP contribution is 2.26. The van der Waals surface area contributed by atoms with Crippen molar-refractivity contribution in [1.82, 2.24) is 19.8 Å². The predicted octanol–water partition coefficient (Wildman–Crippen LogP) is 3.79. The number of hydrogen-bond donors (Lipinski definition) is 1. The molecule has 1 aromatic heterocycles. The van der Waals surface area contributed by atoms with Crippen molar-refractivity contribution in [3.05, 3.63) is 63.9 Å². The van der Waals surface area contributed by atoms with Crippen LogP contribution in [0.5, 0.6) is 0 Å². The maximum Gasteiger partial charge on any atom is 0.254 e. The van der Waals surface area contributed by atoms with Crippen molar-refractivity contribution in [3.8, 4) is 0 Å². The van der Waals surface area contributed by atoms with E-state index in [-0.39, 0.29) is 11.8 Å². The molecule has 2 heterocycles. The van der Waals surface area contributed by atoms with E-state index in [2.05, 4.69) is 9.97 Å². The molecule has 0 radical (unpaired) electrons. The number of nitrogens with zero attached hydrogens (tertiary/aromatic N) is 3. The van der Waals surface area contributed by atoms with Crippen LogP contribution < -0.4 is 0 Å². The first-order valence-electron chi connectivity index (χ1n) is 9.46. The topological polar surface area (TPSA) is 69.3 Å². The molecule has 29 heavy (non-hydrogen) atoms. The lowest BCUT2D eigenvalue weighted by Crippen LogP contribution is -2.50. The summed E-state index contributed by atoms with van der Waals surface area (Å²) in [5, 5.41) is 1.00. The maximum atomic E-state index is 12.8. The van der Waals surface area contributed by atoms with E-state index in [0.717, 1.165) is 16.6 Å². The summed E-state index contributed by atoms with van der Waals surface area (Å²) in [5.74, 6) is 0.0336. The minimum atomic E-state index is -0.0284. The molecular weight excluding hydrogens is 411 g/mol. The molecule has 0 unspecified atom stereocenters. The largest absolute Gasteiger partial charge is 0.345 e. The molecule has 1 aliphatic heterocycles. The van der Waals surface area contributed by atoms with Gasteiger partial charge in [-0.15, -0.1) is 0 Å². The molecule has 2 aromatic carbocycles. The number of amides is 2. The van der Waals surface area contributed by atoms with E-state index < -0.39 is 0 Å². The van der Waals surface area contributed by atoms with Crippen molar-refractivity contribution in [1.29, 1.82) is 0 Å². The number of H-pyrrole nitrogens is 1. The normalized spacial score (nSPS) is 14.4. The van der Waals surface area contributed by atoms with E-state index >= 15 is 0 Å². The molecule has 2 amide bonds. The average molecular weight is 431 g/mol. The van der Waals surface area contributed by atoms with Gasteiger partial charge in [0.2, 0.25) is 5.91 Å². The summed E-state index contributed by atoms with van der Waals surface area (Å²) in [7, 11) is 0. The molecule has 8 heteroatoms. The molecule has 0 atom stereocenters. The number of carbonyl (C=O) groups is 2. The number of carbonyl (C=O) groups excluding carboxylic acids is 2. The lowest BCUT2D eigenvalue weighted by molar-refractivity contribution is -0.132. The van der Waals surface area contributed by atoms with Gasteiger partial charge in [0.25, 0.3) is 5.91 Å². The van der Waals surface area contributed by atoms with Crippen LogP contribution in [0, 0.1) is 0 Å². The van der Waals surface area contributed by atoms with Gasteiger partial charge in [-0.2, -0.15) is 0 Å².